The molecule has 2 rings (SSSR count). The molecule has 0 aliphatic heterocycles. The number of nitrogen functional groups attached to an aromatic ring is 1. The Labute approximate surface area is 108 Å². The SMILES string of the molecule is CC(Nc1ncnc(N)c1Br)C(=O)NC1CC1. The van der Waals surface area contributed by atoms with Gasteiger partial charge in [-0.1, -0.05) is 0 Å². The lowest BCUT2D eigenvalue weighted by molar-refractivity contribution is -0.121. The number of halogens is 1. The number of amides is 1. The van der Waals surface area contributed by atoms with Crippen molar-refractivity contribution in [2.45, 2.75) is 31.8 Å². The third-order valence-electron chi connectivity index (χ3n) is 2.49. The third kappa shape index (κ3) is 3.06. The molecule has 1 aliphatic rings. The summed E-state index contributed by atoms with van der Waals surface area (Å²) < 4.78 is 0.575. The first-order valence-electron chi connectivity index (χ1n) is 5.41. The molecule has 92 valence electrons. The van der Waals surface area contributed by atoms with Crippen LogP contribution in [0.3, 0.4) is 0 Å². The summed E-state index contributed by atoms with van der Waals surface area (Å²) in [4.78, 5) is 19.6. The third-order valence-corrected chi connectivity index (χ3v) is 3.27. The highest BCUT2D eigenvalue weighted by atomic mass is 79.9. The molecule has 1 unspecified atom stereocenters. The fourth-order valence-corrected chi connectivity index (χ4v) is 1.63. The lowest BCUT2D eigenvalue weighted by Gasteiger charge is -2.15. The summed E-state index contributed by atoms with van der Waals surface area (Å²) in [6.45, 7) is 1.78. The predicted molar refractivity (Wildman–Crippen MR) is 68.4 cm³/mol. The van der Waals surface area contributed by atoms with Crippen LogP contribution < -0.4 is 16.4 Å². The van der Waals surface area contributed by atoms with Crippen molar-refractivity contribution in [1.82, 2.24) is 15.3 Å². The Hall–Kier alpha value is -1.37. The molecule has 1 saturated carbocycles. The number of hydrogen-bond donors (Lipinski definition) is 3. The number of carbonyl (C=O) groups excluding carboxylic acids is 1. The van der Waals surface area contributed by atoms with Gasteiger partial charge in [0.05, 0.1) is 0 Å². The molecule has 1 aliphatic carbocycles. The van der Waals surface area contributed by atoms with Gasteiger partial charge in [-0.3, -0.25) is 4.79 Å². The molecule has 6 nitrogen and oxygen atoms in total. The van der Waals surface area contributed by atoms with Gasteiger partial charge in [0.2, 0.25) is 5.91 Å². The molecule has 17 heavy (non-hydrogen) atoms. The fraction of sp³-hybridized carbons (Fsp3) is 0.500. The van der Waals surface area contributed by atoms with E-state index in [-0.39, 0.29) is 11.9 Å². The van der Waals surface area contributed by atoms with Crippen molar-refractivity contribution in [2.24, 2.45) is 0 Å². The molecule has 1 atom stereocenters. The molecular weight excluding hydrogens is 286 g/mol. The van der Waals surface area contributed by atoms with Crippen molar-refractivity contribution in [3.63, 3.8) is 0 Å². The minimum Gasteiger partial charge on any atom is -0.383 e. The van der Waals surface area contributed by atoms with Gasteiger partial charge in [0, 0.05) is 6.04 Å². The summed E-state index contributed by atoms with van der Waals surface area (Å²) in [6, 6.07) is -0.00754. The smallest absolute Gasteiger partial charge is 0.242 e. The van der Waals surface area contributed by atoms with Crippen LogP contribution in [-0.2, 0) is 4.79 Å². The summed E-state index contributed by atoms with van der Waals surface area (Å²) in [5, 5.41) is 5.91. The number of nitrogens with one attached hydrogen (secondary N) is 2. The van der Waals surface area contributed by atoms with Crippen molar-refractivity contribution < 1.29 is 4.79 Å². The molecule has 0 saturated heterocycles. The van der Waals surface area contributed by atoms with Gasteiger partial charge < -0.3 is 16.4 Å². The number of anilines is 2. The number of hydrogen-bond acceptors (Lipinski definition) is 5. The second kappa shape index (κ2) is 4.87. The Morgan fingerprint density at radius 3 is 2.94 bits per heavy atom. The summed E-state index contributed by atoms with van der Waals surface area (Å²) in [5.41, 5.74) is 5.62. The number of aromatic nitrogens is 2. The average Bonchev–Trinajstić information content (AvgIpc) is 3.08. The maximum Gasteiger partial charge on any atom is 0.242 e. The molecule has 1 aromatic heterocycles. The lowest BCUT2D eigenvalue weighted by Crippen LogP contribution is -2.39. The Kier molecular flexibility index (Phi) is 3.46. The molecule has 0 radical (unpaired) electrons. The van der Waals surface area contributed by atoms with Crippen LogP contribution in [0, 0.1) is 0 Å². The van der Waals surface area contributed by atoms with Crippen LogP contribution in [0.2, 0.25) is 0 Å². The van der Waals surface area contributed by atoms with E-state index < -0.39 is 0 Å². The maximum absolute atomic E-state index is 11.7. The van der Waals surface area contributed by atoms with Crippen molar-refractivity contribution in [1.29, 1.82) is 0 Å². The van der Waals surface area contributed by atoms with Gasteiger partial charge in [0.1, 0.15) is 28.5 Å². The van der Waals surface area contributed by atoms with Crippen LogP contribution in [0.4, 0.5) is 11.6 Å². The minimum atomic E-state index is -0.360. The van der Waals surface area contributed by atoms with Crippen LogP contribution >= 0.6 is 15.9 Å². The van der Waals surface area contributed by atoms with E-state index in [9.17, 15) is 4.79 Å². The highest BCUT2D eigenvalue weighted by Gasteiger charge is 2.25. The summed E-state index contributed by atoms with van der Waals surface area (Å²) >= 11 is 3.28. The second-order valence-electron chi connectivity index (χ2n) is 4.07. The average molecular weight is 300 g/mol. The molecule has 0 aromatic carbocycles. The zero-order chi connectivity index (χ0) is 12.4. The molecule has 1 aromatic rings. The van der Waals surface area contributed by atoms with Gasteiger partial charge in [0.15, 0.2) is 0 Å². The fourth-order valence-electron chi connectivity index (χ4n) is 1.31. The van der Waals surface area contributed by atoms with Crippen molar-refractivity contribution >= 4 is 33.5 Å². The summed E-state index contributed by atoms with van der Waals surface area (Å²) in [6.07, 6.45) is 3.50. The first-order valence-corrected chi connectivity index (χ1v) is 6.20. The standard InChI is InChI=1S/C10H14BrN5O/c1-5(10(17)16-6-2-3-6)15-9-7(11)8(12)13-4-14-9/h4-6H,2-3H2,1H3,(H,16,17)(H3,12,13,14,15). The van der Waals surface area contributed by atoms with Gasteiger partial charge in [0.25, 0.3) is 0 Å². The monoisotopic (exact) mass is 299 g/mol. The van der Waals surface area contributed by atoms with Crippen LogP contribution in [-0.4, -0.2) is 28.0 Å². The first kappa shape index (κ1) is 12.1. The Balaban J connectivity index is 1.99. The van der Waals surface area contributed by atoms with Crippen LogP contribution in [0.15, 0.2) is 10.8 Å². The van der Waals surface area contributed by atoms with E-state index in [0.717, 1.165) is 12.8 Å². The van der Waals surface area contributed by atoms with Crippen molar-refractivity contribution in [2.75, 3.05) is 11.1 Å². The van der Waals surface area contributed by atoms with E-state index in [2.05, 4.69) is 36.5 Å². The van der Waals surface area contributed by atoms with E-state index in [4.69, 9.17) is 5.73 Å². The Bertz CT molecular complexity index is 435. The molecule has 1 heterocycles. The van der Waals surface area contributed by atoms with E-state index in [1.54, 1.807) is 6.92 Å². The second-order valence-corrected chi connectivity index (χ2v) is 4.86. The Morgan fingerprint density at radius 2 is 2.29 bits per heavy atom. The highest BCUT2D eigenvalue weighted by Crippen LogP contribution is 2.24. The normalized spacial score (nSPS) is 16.4. The predicted octanol–water partition coefficient (Wildman–Crippen LogP) is 0.900. The molecule has 7 heteroatoms. The minimum absolute atomic E-state index is 0.0309. The van der Waals surface area contributed by atoms with Crippen LogP contribution in [0.25, 0.3) is 0 Å². The molecule has 0 bridgehead atoms. The summed E-state index contributed by atoms with van der Waals surface area (Å²) in [7, 11) is 0. The summed E-state index contributed by atoms with van der Waals surface area (Å²) in [5.74, 6) is 0.838. The van der Waals surface area contributed by atoms with Gasteiger partial charge in [-0.2, -0.15) is 0 Å². The van der Waals surface area contributed by atoms with Crippen molar-refractivity contribution in [3.8, 4) is 0 Å². The number of carbonyl (C=O) groups is 1. The van der Waals surface area contributed by atoms with Gasteiger partial charge in [-0.15, -0.1) is 0 Å². The molecule has 1 fully saturated rings. The lowest BCUT2D eigenvalue weighted by atomic mass is 10.3. The van der Waals surface area contributed by atoms with Gasteiger partial charge in [-0.05, 0) is 35.7 Å². The topological polar surface area (TPSA) is 92.9 Å². The van der Waals surface area contributed by atoms with Gasteiger partial charge >= 0.3 is 0 Å². The van der Waals surface area contributed by atoms with E-state index in [0.29, 0.717) is 22.2 Å². The molecular formula is C10H14BrN5O. The number of rotatable bonds is 4. The largest absolute Gasteiger partial charge is 0.383 e. The zero-order valence-corrected chi connectivity index (χ0v) is 11.0. The molecule has 4 N–H and O–H groups in total. The first-order chi connectivity index (χ1) is 8.08. The Morgan fingerprint density at radius 1 is 1.59 bits per heavy atom. The van der Waals surface area contributed by atoms with Crippen molar-refractivity contribution in [3.05, 3.63) is 10.8 Å². The molecule has 1 amide bonds. The molecule has 0 spiro atoms. The van der Waals surface area contributed by atoms with Crippen LogP contribution in [0.1, 0.15) is 19.8 Å². The maximum atomic E-state index is 11.7. The van der Waals surface area contributed by atoms with E-state index in [1.165, 1.54) is 6.33 Å². The number of nitrogens with two attached hydrogens (primary N) is 1. The van der Waals surface area contributed by atoms with E-state index >= 15 is 0 Å². The highest BCUT2D eigenvalue weighted by molar-refractivity contribution is 9.10. The zero-order valence-electron chi connectivity index (χ0n) is 9.40. The van der Waals surface area contributed by atoms with Crippen LogP contribution in [0.5, 0.6) is 0 Å². The quantitative estimate of drug-likeness (QED) is 0.768. The van der Waals surface area contributed by atoms with Gasteiger partial charge in [-0.25, -0.2) is 9.97 Å². The van der Waals surface area contributed by atoms with E-state index in [1.807, 2.05) is 0 Å². The number of nitrogens with zero attached hydrogens (tertiary/aromatic N) is 2.